The molecule has 3 aromatic carbocycles. The van der Waals surface area contributed by atoms with E-state index in [0.29, 0.717) is 5.69 Å². The molecule has 0 amide bonds. The van der Waals surface area contributed by atoms with Crippen molar-refractivity contribution in [3.05, 3.63) is 90.0 Å². The molecular weight excluding hydrogens is 452 g/mol. The van der Waals surface area contributed by atoms with E-state index in [2.05, 4.69) is 36.1 Å². The van der Waals surface area contributed by atoms with Crippen molar-refractivity contribution in [3.63, 3.8) is 0 Å². The molecule has 0 radical (unpaired) electrons. The average molecular weight is 475 g/mol. The van der Waals surface area contributed by atoms with Crippen LogP contribution in [0.25, 0.3) is 0 Å². The molecule has 0 unspecified atom stereocenters. The molecule has 0 aliphatic carbocycles. The van der Waals surface area contributed by atoms with Crippen molar-refractivity contribution in [1.29, 1.82) is 0 Å². The van der Waals surface area contributed by atoms with Crippen LogP contribution >= 0.6 is 0 Å². The van der Waals surface area contributed by atoms with E-state index in [9.17, 15) is 8.42 Å². The second-order valence-corrected chi connectivity index (χ2v) is 8.83. The van der Waals surface area contributed by atoms with Crippen LogP contribution in [0.1, 0.15) is 11.1 Å². The van der Waals surface area contributed by atoms with E-state index in [1.807, 2.05) is 61.5 Å². The molecule has 172 valence electrons. The minimum absolute atomic E-state index is 0.00734. The van der Waals surface area contributed by atoms with Crippen LogP contribution in [0.3, 0.4) is 0 Å². The number of hydrazone groups is 1. The summed E-state index contributed by atoms with van der Waals surface area (Å²) in [6.07, 6.45) is 1.66. The van der Waals surface area contributed by atoms with Gasteiger partial charge in [0.25, 0.3) is 0 Å². The van der Waals surface area contributed by atoms with E-state index in [-0.39, 0.29) is 22.7 Å². The van der Waals surface area contributed by atoms with Gasteiger partial charge in [0.1, 0.15) is 0 Å². The van der Waals surface area contributed by atoms with Crippen molar-refractivity contribution in [1.82, 2.24) is 15.0 Å². The topological polar surface area (TPSA) is 147 Å². The minimum Gasteiger partial charge on any atom is -0.324 e. The van der Waals surface area contributed by atoms with Gasteiger partial charge in [-0.3, -0.25) is 0 Å². The lowest BCUT2D eigenvalue weighted by atomic mass is 10.2. The number of nitrogens with two attached hydrogens (primary N) is 1. The zero-order chi connectivity index (χ0) is 24.0. The number of nitrogens with zero attached hydrogens (tertiary/aromatic N) is 4. The van der Waals surface area contributed by atoms with Gasteiger partial charge in [0.2, 0.25) is 27.9 Å². The fourth-order valence-electron chi connectivity index (χ4n) is 2.86. The van der Waals surface area contributed by atoms with Crippen molar-refractivity contribution in [2.45, 2.75) is 11.8 Å². The number of anilines is 5. The van der Waals surface area contributed by atoms with Crippen molar-refractivity contribution in [2.75, 3.05) is 16.1 Å². The lowest BCUT2D eigenvalue weighted by Crippen LogP contribution is -2.12. The molecule has 0 aliphatic heterocycles. The van der Waals surface area contributed by atoms with Gasteiger partial charge < -0.3 is 10.6 Å². The predicted molar refractivity (Wildman–Crippen MR) is 133 cm³/mol. The Morgan fingerprint density at radius 2 is 1.32 bits per heavy atom. The summed E-state index contributed by atoms with van der Waals surface area (Å²) in [5, 5.41) is 15.5. The SMILES string of the molecule is Cc1ccc(/C=N/Nc2nc(Nc3ccccc3)nc(Nc3ccc(S(N)(=O)=O)cc3)n2)cc1. The van der Waals surface area contributed by atoms with Gasteiger partial charge in [-0.2, -0.15) is 20.1 Å². The predicted octanol–water partition coefficient (Wildman–Crippen LogP) is 3.76. The molecule has 1 heterocycles. The monoisotopic (exact) mass is 474 g/mol. The second-order valence-electron chi connectivity index (χ2n) is 7.27. The van der Waals surface area contributed by atoms with E-state index in [0.717, 1.165) is 16.8 Å². The Morgan fingerprint density at radius 3 is 1.91 bits per heavy atom. The highest BCUT2D eigenvalue weighted by Crippen LogP contribution is 2.20. The fraction of sp³-hybridized carbons (Fsp3) is 0.0435. The minimum atomic E-state index is -3.78. The summed E-state index contributed by atoms with van der Waals surface area (Å²) in [4.78, 5) is 13.1. The lowest BCUT2D eigenvalue weighted by molar-refractivity contribution is 0.598. The molecule has 0 saturated heterocycles. The van der Waals surface area contributed by atoms with E-state index in [4.69, 9.17) is 5.14 Å². The summed E-state index contributed by atoms with van der Waals surface area (Å²) in [7, 11) is -3.78. The molecule has 0 saturated carbocycles. The van der Waals surface area contributed by atoms with E-state index in [1.165, 1.54) is 12.1 Å². The maximum Gasteiger partial charge on any atom is 0.250 e. The van der Waals surface area contributed by atoms with Crippen LogP contribution < -0.4 is 21.2 Å². The van der Waals surface area contributed by atoms with Crippen molar-refractivity contribution in [3.8, 4) is 0 Å². The molecule has 0 atom stereocenters. The third-order valence-electron chi connectivity index (χ3n) is 4.56. The molecule has 0 fully saturated rings. The Kier molecular flexibility index (Phi) is 6.76. The molecule has 4 aromatic rings. The van der Waals surface area contributed by atoms with E-state index >= 15 is 0 Å². The Hall–Kier alpha value is -4.35. The van der Waals surface area contributed by atoms with Gasteiger partial charge in [0.15, 0.2) is 0 Å². The van der Waals surface area contributed by atoms with Gasteiger partial charge >= 0.3 is 0 Å². The largest absolute Gasteiger partial charge is 0.324 e. The van der Waals surface area contributed by atoms with Crippen LogP contribution in [-0.4, -0.2) is 29.6 Å². The Labute approximate surface area is 197 Å². The van der Waals surface area contributed by atoms with Gasteiger partial charge in [0, 0.05) is 11.4 Å². The number of para-hydroxylation sites is 1. The summed E-state index contributed by atoms with van der Waals surface area (Å²) in [6.45, 7) is 2.02. The number of rotatable bonds is 8. The van der Waals surface area contributed by atoms with Crippen molar-refractivity contribution in [2.24, 2.45) is 10.2 Å². The number of hydrogen-bond acceptors (Lipinski definition) is 9. The first kappa shape index (κ1) is 22.8. The quantitative estimate of drug-likeness (QED) is 0.223. The molecular formula is C23H22N8O2S. The Balaban J connectivity index is 1.57. The highest BCUT2D eigenvalue weighted by atomic mass is 32.2. The first-order valence-corrected chi connectivity index (χ1v) is 11.7. The molecule has 11 heteroatoms. The summed E-state index contributed by atoms with van der Waals surface area (Å²) in [5.74, 6) is 0.725. The first-order valence-electron chi connectivity index (χ1n) is 10.2. The Bertz CT molecular complexity index is 1390. The van der Waals surface area contributed by atoms with Gasteiger partial charge in [0.05, 0.1) is 11.1 Å². The molecule has 5 N–H and O–H groups in total. The number of aromatic nitrogens is 3. The van der Waals surface area contributed by atoms with Crippen LogP contribution in [0.4, 0.5) is 29.2 Å². The highest BCUT2D eigenvalue weighted by molar-refractivity contribution is 7.89. The van der Waals surface area contributed by atoms with Crippen LogP contribution in [0.2, 0.25) is 0 Å². The third kappa shape index (κ3) is 6.34. The summed E-state index contributed by atoms with van der Waals surface area (Å²) in [6, 6.07) is 23.3. The van der Waals surface area contributed by atoms with Crippen molar-refractivity contribution >= 4 is 45.5 Å². The molecule has 4 rings (SSSR count). The zero-order valence-corrected chi connectivity index (χ0v) is 19.0. The maximum absolute atomic E-state index is 11.5. The van der Waals surface area contributed by atoms with Gasteiger partial charge in [-0.25, -0.2) is 19.0 Å². The van der Waals surface area contributed by atoms with Gasteiger partial charge in [-0.1, -0.05) is 48.0 Å². The molecule has 0 aliphatic rings. The molecule has 10 nitrogen and oxygen atoms in total. The fourth-order valence-corrected chi connectivity index (χ4v) is 3.38. The first-order chi connectivity index (χ1) is 16.3. The molecule has 0 spiro atoms. The van der Waals surface area contributed by atoms with Crippen LogP contribution in [0.5, 0.6) is 0 Å². The summed E-state index contributed by atoms with van der Waals surface area (Å²) < 4.78 is 23.0. The number of nitrogens with one attached hydrogen (secondary N) is 3. The van der Waals surface area contributed by atoms with E-state index in [1.54, 1.807) is 18.3 Å². The molecule has 0 bridgehead atoms. The van der Waals surface area contributed by atoms with Crippen LogP contribution in [-0.2, 0) is 10.0 Å². The second kappa shape index (κ2) is 10.1. The summed E-state index contributed by atoms with van der Waals surface area (Å²) in [5.41, 5.74) is 6.26. The number of aryl methyl sites for hydroxylation is 1. The number of hydrogen-bond donors (Lipinski definition) is 4. The lowest BCUT2D eigenvalue weighted by Gasteiger charge is -2.10. The number of benzene rings is 3. The maximum atomic E-state index is 11.5. The highest BCUT2D eigenvalue weighted by Gasteiger charge is 2.10. The van der Waals surface area contributed by atoms with Gasteiger partial charge in [-0.05, 0) is 48.9 Å². The molecule has 34 heavy (non-hydrogen) atoms. The normalized spacial score (nSPS) is 11.4. The van der Waals surface area contributed by atoms with Crippen LogP contribution in [0, 0.1) is 6.92 Å². The number of sulfonamides is 1. The van der Waals surface area contributed by atoms with Gasteiger partial charge in [-0.15, -0.1) is 0 Å². The standard InChI is InChI=1S/C23H22N8O2S/c1-16-7-9-17(10-8-16)15-25-31-23-29-21(26-18-5-3-2-4-6-18)28-22(30-23)27-19-11-13-20(14-12-19)34(24,32)33/h2-15H,1H3,(H2,24,32,33)(H3,26,27,28,29,30,31)/b25-15+. The molecule has 1 aromatic heterocycles. The average Bonchev–Trinajstić information content (AvgIpc) is 2.81. The smallest absolute Gasteiger partial charge is 0.250 e. The third-order valence-corrected chi connectivity index (χ3v) is 5.49. The zero-order valence-electron chi connectivity index (χ0n) is 18.2. The van der Waals surface area contributed by atoms with Crippen molar-refractivity contribution < 1.29 is 8.42 Å². The Morgan fingerprint density at radius 1 is 0.765 bits per heavy atom. The van der Waals surface area contributed by atoms with E-state index < -0.39 is 10.0 Å². The van der Waals surface area contributed by atoms with Crippen LogP contribution in [0.15, 0.2) is 88.9 Å². The summed E-state index contributed by atoms with van der Waals surface area (Å²) >= 11 is 0. The number of primary sulfonamides is 1.